The fourth-order valence-corrected chi connectivity index (χ4v) is 3.16. The lowest BCUT2D eigenvalue weighted by Crippen LogP contribution is -2.51. The van der Waals surface area contributed by atoms with Gasteiger partial charge in [-0.05, 0) is 38.3 Å². The maximum atomic E-state index is 11.8. The summed E-state index contributed by atoms with van der Waals surface area (Å²) in [4.78, 5) is 18.4. The monoisotopic (exact) mass is 517 g/mol. The maximum Gasteiger partial charge on any atom is 0.234 e. The minimum atomic E-state index is 0. The molecule has 1 aromatic rings. The number of benzene rings is 1. The average molecular weight is 517 g/mol. The molecule has 164 valence electrons. The van der Waals surface area contributed by atoms with Crippen molar-refractivity contribution in [2.24, 2.45) is 4.99 Å². The van der Waals surface area contributed by atoms with Crippen LogP contribution in [0.1, 0.15) is 33.1 Å². The van der Waals surface area contributed by atoms with E-state index in [2.05, 4.69) is 32.8 Å². The molecule has 0 radical (unpaired) electrons. The van der Waals surface area contributed by atoms with Crippen molar-refractivity contribution in [1.29, 1.82) is 0 Å². The summed E-state index contributed by atoms with van der Waals surface area (Å²) in [5.74, 6) is 1.79. The van der Waals surface area contributed by atoms with Crippen LogP contribution in [0.4, 0.5) is 0 Å². The zero-order chi connectivity index (χ0) is 20.2. The molecule has 7 nitrogen and oxygen atoms in total. The zero-order valence-electron chi connectivity index (χ0n) is 17.8. The molecule has 1 atom stereocenters. The number of carbonyl (C=O) groups excluding carboxylic acids is 1. The van der Waals surface area contributed by atoms with Crippen LogP contribution in [-0.2, 0) is 4.79 Å². The third kappa shape index (κ3) is 10.2. The fourth-order valence-electron chi connectivity index (χ4n) is 3.16. The molecule has 1 heterocycles. The number of hydrogen-bond acceptors (Lipinski definition) is 4. The van der Waals surface area contributed by atoms with Gasteiger partial charge in [-0.25, -0.2) is 0 Å². The lowest BCUT2D eigenvalue weighted by atomic mass is 10.1. The molecule has 1 saturated heterocycles. The van der Waals surface area contributed by atoms with Crippen molar-refractivity contribution in [3.05, 3.63) is 30.3 Å². The Labute approximate surface area is 192 Å². The van der Waals surface area contributed by atoms with Gasteiger partial charge in [-0.3, -0.25) is 14.7 Å². The summed E-state index contributed by atoms with van der Waals surface area (Å²) in [5.41, 5.74) is 0. The van der Waals surface area contributed by atoms with Crippen LogP contribution in [0, 0.1) is 0 Å². The summed E-state index contributed by atoms with van der Waals surface area (Å²) in [6.45, 7) is 7.86. The van der Waals surface area contributed by atoms with Gasteiger partial charge < -0.3 is 20.7 Å². The number of nitrogens with one attached hydrogen (secondary N) is 3. The molecule has 0 saturated carbocycles. The van der Waals surface area contributed by atoms with Gasteiger partial charge in [-0.1, -0.05) is 25.1 Å². The molecule has 1 aliphatic rings. The lowest BCUT2D eigenvalue weighted by molar-refractivity contribution is -0.122. The number of guanidine groups is 1. The number of amides is 1. The Hall–Kier alpha value is -1.55. The van der Waals surface area contributed by atoms with E-state index in [1.165, 1.54) is 0 Å². The second-order valence-electron chi connectivity index (χ2n) is 7.24. The molecule has 1 aromatic carbocycles. The largest absolute Gasteiger partial charge is 0.489 e. The smallest absolute Gasteiger partial charge is 0.234 e. The molecule has 0 aromatic heterocycles. The van der Waals surface area contributed by atoms with E-state index in [0.29, 0.717) is 19.1 Å². The molecule has 3 N–H and O–H groups in total. The SMILES string of the molecule is CCCNC(=O)CN1CCC(NC(=NC)NCC(C)Oc2ccccc2)CC1.I. The number of piperidine rings is 1. The summed E-state index contributed by atoms with van der Waals surface area (Å²) in [6.07, 6.45) is 3.00. The normalized spacial score (nSPS) is 16.4. The first-order chi connectivity index (χ1) is 13.6. The first kappa shape index (κ1) is 25.5. The lowest BCUT2D eigenvalue weighted by Gasteiger charge is -2.32. The van der Waals surface area contributed by atoms with Crippen LogP contribution in [-0.4, -0.2) is 68.7 Å². The molecule has 0 aliphatic carbocycles. The van der Waals surface area contributed by atoms with E-state index in [0.717, 1.165) is 50.6 Å². The van der Waals surface area contributed by atoms with Crippen molar-refractivity contribution in [2.75, 3.05) is 39.8 Å². The summed E-state index contributed by atoms with van der Waals surface area (Å²) in [6, 6.07) is 10.2. The van der Waals surface area contributed by atoms with Gasteiger partial charge in [-0.2, -0.15) is 0 Å². The Morgan fingerprint density at radius 2 is 1.93 bits per heavy atom. The van der Waals surface area contributed by atoms with Crippen molar-refractivity contribution in [1.82, 2.24) is 20.9 Å². The molecule has 8 heteroatoms. The molecule has 1 amide bonds. The number of ether oxygens (including phenoxy) is 1. The van der Waals surface area contributed by atoms with E-state index in [1.807, 2.05) is 37.3 Å². The maximum absolute atomic E-state index is 11.8. The van der Waals surface area contributed by atoms with Gasteiger partial charge in [0.2, 0.25) is 5.91 Å². The summed E-state index contributed by atoms with van der Waals surface area (Å²) in [7, 11) is 1.78. The third-order valence-corrected chi connectivity index (χ3v) is 4.73. The molecule has 2 rings (SSSR count). The molecule has 0 spiro atoms. The summed E-state index contributed by atoms with van der Waals surface area (Å²) >= 11 is 0. The quantitative estimate of drug-likeness (QED) is 0.266. The molecule has 1 fully saturated rings. The molecule has 1 unspecified atom stereocenters. The fraction of sp³-hybridized carbons (Fsp3) is 0.619. The van der Waals surface area contributed by atoms with Crippen LogP contribution in [0.3, 0.4) is 0 Å². The van der Waals surface area contributed by atoms with Crippen LogP contribution in [0.5, 0.6) is 5.75 Å². The van der Waals surface area contributed by atoms with Gasteiger partial charge in [0, 0.05) is 32.7 Å². The van der Waals surface area contributed by atoms with Gasteiger partial charge >= 0.3 is 0 Å². The van der Waals surface area contributed by atoms with Gasteiger partial charge in [0.1, 0.15) is 11.9 Å². The highest BCUT2D eigenvalue weighted by molar-refractivity contribution is 14.0. The number of hydrogen-bond donors (Lipinski definition) is 3. The van der Waals surface area contributed by atoms with Gasteiger partial charge in [0.05, 0.1) is 13.1 Å². The standard InChI is InChI=1S/C21H35N5O2.HI/c1-4-12-23-20(27)16-26-13-10-18(11-14-26)25-21(22-3)24-15-17(2)28-19-8-6-5-7-9-19;/h5-9,17-18H,4,10-16H2,1-3H3,(H,23,27)(H2,22,24,25);1H. The molecular weight excluding hydrogens is 481 g/mol. The first-order valence-corrected chi connectivity index (χ1v) is 10.3. The predicted molar refractivity (Wildman–Crippen MR) is 129 cm³/mol. The molecule has 29 heavy (non-hydrogen) atoms. The average Bonchev–Trinajstić information content (AvgIpc) is 2.71. The van der Waals surface area contributed by atoms with Gasteiger partial charge in [-0.15, -0.1) is 24.0 Å². The van der Waals surface area contributed by atoms with Crippen molar-refractivity contribution in [2.45, 2.75) is 45.3 Å². The van der Waals surface area contributed by atoms with Gasteiger partial charge in [0.15, 0.2) is 5.96 Å². The number of aliphatic imine (C=N–C) groups is 1. The van der Waals surface area contributed by atoms with Crippen molar-refractivity contribution in [3.8, 4) is 5.75 Å². The predicted octanol–water partition coefficient (Wildman–Crippen LogP) is 2.23. The Kier molecular flexibility index (Phi) is 12.7. The summed E-state index contributed by atoms with van der Waals surface area (Å²) < 4.78 is 5.89. The molecule has 1 aliphatic heterocycles. The Morgan fingerprint density at radius 1 is 1.24 bits per heavy atom. The highest BCUT2D eigenvalue weighted by Gasteiger charge is 2.21. The van der Waals surface area contributed by atoms with E-state index in [4.69, 9.17) is 4.74 Å². The van der Waals surface area contributed by atoms with Gasteiger partial charge in [0.25, 0.3) is 0 Å². The van der Waals surface area contributed by atoms with Crippen LogP contribution in [0.25, 0.3) is 0 Å². The topological polar surface area (TPSA) is 78.0 Å². The van der Waals surface area contributed by atoms with Crippen LogP contribution in [0.15, 0.2) is 35.3 Å². The van der Waals surface area contributed by atoms with Crippen LogP contribution in [0.2, 0.25) is 0 Å². The number of rotatable bonds is 9. The Balaban J connectivity index is 0.00000420. The van der Waals surface area contributed by atoms with E-state index >= 15 is 0 Å². The van der Waals surface area contributed by atoms with Crippen molar-refractivity contribution in [3.63, 3.8) is 0 Å². The third-order valence-electron chi connectivity index (χ3n) is 4.73. The van der Waals surface area contributed by atoms with E-state index in [9.17, 15) is 4.79 Å². The highest BCUT2D eigenvalue weighted by Crippen LogP contribution is 2.11. The number of likely N-dealkylation sites (tertiary alicyclic amines) is 1. The van der Waals surface area contributed by atoms with Crippen LogP contribution >= 0.6 is 24.0 Å². The number of carbonyl (C=O) groups is 1. The Bertz CT molecular complexity index is 606. The molecule has 0 bridgehead atoms. The zero-order valence-corrected chi connectivity index (χ0v) is 20.1. The van der Waals surface area contributed by atoms with Crippen molar-refractivity contribution < 1.29 is 9.53 Å². The minimum Gasteiger partial charge on any atom is -0.489 e. The second kappa shape index (κ2) is 14.4. The number of para-hydroxylation sites is 1. The first-order valence-electron chi connectivity index (χ1n) is 10.3. The Morgan fingerprint density at radius 3 is 2.55 bits per heavy atom. The van der Waals surface area contributed by atoms with E-state index in [-0.39, 0.29) is 36.0 Å². The van der Waals surface area contributed by atoms with E-state index < -0.39 is 0 Å². The molecular formula is C21H36IN5O2. The van der Waals surface area contributed by atoms with Crippen molar-refractivity contribution >= 4 is 35.8 Å². The number of halogens is 1. The highest BCUT2D eigenvalue weighted by atomic mass is 127. The number of nitrogens with zero attached hydrogens (tertiary/aromatic N) is 2. The van der Waals surface area contributed by atoms with Crippen LogP contribution < -0.4 is 20.7 Å². The second-order valence-corrected chi connectivity index (χ2v) is 7.24. The van der Waals surface area contributed by atoms with E-state index in [1.54, 1.807) is 7.05 Å². The minimum absolute atomic E-state index is 0. The summed E-state index contributed by atoms with van der Waals surface area (Å²) in [5, 5.41) is 9.77.